The highest BCUT2D eigenvalue weighted by Gasteiger charge is 2.15. The molecule has 1 aliphatic heterocycles. The molecule has 0 spiro atoms. The Bertz CT molecular complexity index is 144. The molecule has 1 N–H and O–H groups in total. The SMILES string of the molecule is CC(C)OCCN(C)C[C@@H]1CCCN1. The van der Waals surface area contributed by atoms with Gasteiger partial charge in [-0.25, -0.2) is 0 Å². The molecule has 0 bridgehead atoms. The Kier molecular flexibility index (Phi) is 5.45. The van der Waals surface area contributed by atoms with Crippen LogP contribution in [0.2, 0.25) is 0 Å². The third-order valence-corrected chi connectivity index (χ3v) is 2.62. The van der Waals surface area contributed by atoms with Crippen molar-refractivity contribution in [2.24, 2.45) is 0 Å². The van der Waals surface area contributed by atoms with E-state index in [0.29, 0.717) is 12.1 Å². The molecule has 3 nitrogen and oxygen atoms in total. The van der Waals surface area contributed by atoms with E-state index >= 15 is 0 Å². The maximum Gasteiger partial charge on any atom is 0.0596 e. The smallest absolute Gasteiger partial charge is 0.0596 e. The Morgan fingerprint density at radius 3 is 2.86 bits per heavy atom. The van der Waals surface area contributed by atoms with E-state index in [-0.39, 0.29) is 0 Å². The monoisotopic (exact) mass is 200 g/mol. The molecule has 0 amide bonds. The fourth-order valence-electron chi connectivity index (χ4n) is 1.82. The Hall–Kier alpha value is -0.120. The van der Waals surface area contributed by atoms with Gasteiger partial charge in [-0.3, -0.25) is 0 Å². The van der Waals surface area contributed by atoms with Crippen LogP contribution in [0.3, 0.4) is 0 Å². The summed E-state index contributed by atoms with van der Waals surface area (Å²) in [5.41, 5.74) is 0. The summed E-state index contributed by atoms with van der Waals surface area (Å²) in [5.74, 6) is 0. The van der Waals surface area contributed by atoms with Crippen LogP contribution in [0.25, 0.3) is 0 Å². The first kappa shape index (κ1) is 12.0. The van der Waals surface area contributed by atoms with E-state index < -0.39 is 0 Å². The zero-order valence-electron chi connectivity index (χ0n) is 9.75. The van der Waals surface area contributed by atoms with Crippen molar-refractivity contribution >= 4 is 0 Å². The number of ether oxygens (including phenoxy) is 1. The molecule has 1 aliphatic rings. The van der Waals surface area contributed by atoms with E-state index in [1.807, 2.05) is 0 Å². The van der Waals surface area contributed by atoms with Gasteiger partial charge < -0.3 is 15.0 Å². The zero-order valence-corrected chi connectivity index (χ0v) is 9.75. The van der Waals surface area contributed by atoms with Crippen molar-refractivity contribution in [2.45, 2.75) is 38.8 Å². The van der Waals surface area contributed by atoms with Crippen LogP contribution >= 0.6 is 0 Å². The summed E-state index contributed by atoms with van der Waals surface area (Å²) in [6.45, 7) is 8.40. The summed E-state index contributed by atoms with van der Waals surface area (Å²) in [6.07, 6.45) is 3.02. The van der Waals surface area contributed by atoms with Crippen molar-refractivity contribution < 1.29 is 4.74 Å². The van der Waals surface area contributed by atoms with Crippen LogP contribution in [0.15, 0.2) is 0 Å². The summed E-state index contributed by atoms with van der Waals surface area (Å²) in [4.78, 5) is 2.35. The largest absolute Gasteiger partial charge is 0.377 e. The minimum atomic E-state index is 0.355. The lowest BCUT2D eigenvalue weighted by molar-refractivity contribution is 0.0626. The fourth-order valence-corrected chi connectivity index (χ4v) is 1.82. The molecule has 1 heterocycles. The van der Waals surface area contributed by atoms with Crippen LogP contribution in [-0.4, -0.2) is 50.3 Å². The van der Waals surface area contributed by atoms with Crippen LogP contribution < -0.4 is 5.32 Å². The van der Waals surface area contributed by atoms with E-state index in [4.69, 9.17) is 4.74 Å². The number of hydrogen-bond donors (Lipinski definition) is 1. The summed E-state index contributed by atoms with van der Waals surface area (Å²) in [5, 5.41) is 3.50. The molecule has 0 aromatic carbocycles. The van der Waals surface area contributed by atoms with E-state index in [9.17, 15) is 0 Å². The third-order valence-electron chi connectivity index (χ3n) is 2.62. The van der Waals surface area contributed by atoms with Gasteiger partial charge in [0.15, 0.2) is 0 Å². The molecule has 1 saturated heterocycles. The molecular weight excluding hydrogens is 176 g/mol. The lowest BCUT2D eigenvalue weighted by Gasteiger charge is -2.21. The van der Waals surface area contributed by atoms with Crippen LogP contribution in [0.5, 0.6) is 0 Å². The highest BCUT2D eigenvalue weighted by atomic mass is 16.5. The van der Waals surface area contributed by atoms with Gasteiger partial charge in [0.25, 0.3) is 0 Å². The first-order chi connectivity index (χ1) is 6.68. The van der Waals surface area contributed by atoms with Crippen molar-refractivity contribution in [1.29, 1.82) is 0 Å². The molecule has 0 unspecified atom stereocenters. The molecule has 1 rings (SSSR count). The average Bonchev–Trinajstić information content (AvgIpc) is 2.56. The molecule has 0 aromatic heterocycles. The number of hydrogen-bond acceptors (Lipinski definition) is 3. The van der Waals surface area contributed by atoms with E-state index in [2.05, 4.69) is 31.1 Å². The maximum absolute atomic E-state index is 5.51. The van der Waals surface area contributed by atoms with Crippen molar-refractivity contribution in [2.75, 3.05) is 33.3 Å². The Morgan fingerprint density at radius 2 is 2.29 bits per heavy atom. The fraction of sp³-hybridized carbons (Fsp3) is 1.00. The number of rotatable bonds is 6. The van der Waals surface area contributed by atoms with Crippen molar-refractivity contribution in [3.05, 3.63) is 0 Å². The van der Waals surface area contributed by atoms with Crippen LogP contribution in [0.4, 0.5) is 0 Å². The van der Waals surface area contributed by atoms with E-state index in [1.54, 1.807) is 0 Å². The summed E-state index contributed by atoms with van der Waals surface area (Å²) < 4.78 is 5.51. The molecule has 3 heteroatoms. The molecule has 1 atom stereocenters. The topological polar surface area (TPSA) is 24.5 Å². The first-order valence-corrected chi connectivity index (χ1v) is 5.72. The van der Waals surface area contributed by atoms with Gasteiger partial charge in [-0.15, -0.1) is 0 Å². The molecule has 0 aliphatic carbocycles. The highest BCUT2D eigenvalue weighted by molar-refractivity contribution is 4.76. The van der Waals surface area contributed by atoms with Crippen molar-refractivity contribution in [3.63, 3.8) is 0 Å². The van der Waals surface area contributed by atoms with Gasteiger partial charge in [-0.2, -0.15) is 0 Å². The molecule has 0 radical (unpaired) electrons. The van der Waals surface area contributed by atoms with E-state index in [0.717, 1.165) is 19.7 Å². The molecule has 0 saturated carbocycles. The predicted molar refractivity (Wildman–Crippen MR) is 59.6 cm³/mol. The molecular formula is C11H24N2O. The number of nitrogens with one attached hydrogen (secondary N) is 1. The molecule has 0 aromatic rings. The first-order valence-electron chi connectivity index (χ1n) is 5.72. The summed E-state index contributed by atoms with van der Waals surface area (Å²) in [6, 6.07) is 0.707. The van der Waals surface area contributed by atoms with Gasteiger partial charge in [-0.1, -0.05) is 0 Å². The average molecular weight is 200 g/mol. The van der Waals surface area contributed by atoms with Gasteiger partial charge in [0.2, 0.25) is 0 Å². The van der Waals surface area contributed by atoms with Gasteiger partial charge in [-0.05, 0) is 40.3 Å². The number of nitrogens with zero attached hydrogens (tertiary/aromatic N) is 1. The van der Waals surface area contributed by atoms with Crippen LogP contribution in [0.1, 0.15) is 26.7 Å². The summed E-state index contributed by atoms with van der Waals surface area (Å²) in [7, 11) is 2.17. The minimum absolute atomic E-state index is 0.355. The van der Waals surface area contributed by atoms with Gasteiger partial charge in [0.1, 0.15) is 0 Å². The number of likely N-dealkylation sites (N-methyl/N-ethyl adjacent to an activating group) is 1. The molecule has 14 heavy (non-hydrogen) atoms. The lowest BCUT2D eigenvalue weighted by atomic mass is 10.2. The van der Waals surface area contributed by atoms with E-state index in [1.165, 1.54) is 19.4 Å². The summed E-state index contributed by atoms with van der Waals surface area (Å²) >= 11 is 0. The predicted octanol–water partition coefficient (Wildman–Crippen LogP) is 1.10. The standard InChI is InChI=1S/C11H24N2O/c1-10(2)14-8-7-13(3)9-11-5-4-6-12-11/h10-12H,4-9H2,1-3H3/t11-/m0/s1. The zero-order chi connectivity index (χ0) is 10.4. The third kappa shape index (κ3) is 4.94. The van der Waals surface area contributed by atoms with Crippen LogP contribution in [-0.2, 0) is 4.74 Å². The quantitative estimate of drug-likeness (QED) is 0.695. The Labute approximate surface area is 87.8 Å². The second-order valence-corrected chi connectivity index (χ2v) is 4.48. The second kappa shape index (κ2) is 6.38. The minimum Gasteiger partial charge on any atom is -0.377 e. The molecule has 1 fully saturated rings. The molecule has 84 valence electrons. The lowest BCUT2D eigenvalue weighted by Crippen LogP contribution is -2.37. The van der Waals surface area contributed by atoms with Crippen molar-refractivity contribution in [3.8, 4) is 0 Å². The van der Waals surface area contributed by atoms with Crippen molar-refractivity contribution in [1.82, 2.24) is 10.2 Å². The van der Waals surface area contributed by atoms with Gasteiger partial charge in [0, 0.05) is 19.1 Å². The highest BCUT2D eigenvalue weighted by Crippen LogP contribution is 2.05. The van der Waals surface area contributed by atoms with Gasteiger partial charge >= 0.3 is 0 Å². The Balaban J connectivity index is 2.00. The Morgan fingerprint density at radius 1 is 1.50 bits per heavy atom. The van der Waals surface area contributed by atoms with Gasteiger partial charge in [0.05, 0.1) is 12.7 Å². The van der Waals surface area contributed by atoms with Crippen LogP contribution in [0, 0.1) is 0 Å². The maximum atomic E-state index is 5.51. The normalized spacial score (nSPS) is 22.5. The second-order valence-electron chi connectivity index (χ2n) is 4.48.